The van der Waals surface area contributed by atoms with Crippen LogP contribution < -0.4 is 5.32 Å². The second-order valence-corrected chi connectivity index (χ2v) is 8.64. The van der Waals surface area contributed by atoms with Crippen LogP contribution in [0.2, 0.25) is 0 Å². The van der Waals surface area contributed by atoms with Crippen molar-refractivity contribution in [1.29, 1.82) is 0 Å². The van der Waals surface area contributed by atoms with E-state index in [9.17, 15) is 8.42 Å². The van der Waals surface area contributed by atoms with Gasteiger partial charge in [-0.3, -0.25) is 0 Å². The van der Waals surface area contributed by atoms with E-state index < -0.39 is 10.0 Å². The molecule has 0 radical (unpaired) electrons. The molecule has 0 bridgehead atoms. The van der Waals surface area contributed by atoms with Crippen molar-refractivity contribution in [3.63, 3.8) is 0 Å². The molecule has 0 spiro atoms. The summed E-state index contributed by atoms with van der Waals surface area (Å²) in [5, 5.41) is 3.35. The Kier molecular flexibility index (Phi) is 5.82. The maximum atomic E-state index is 12.9. The Balaban J connectivity index is 2.23. The Morgan fingerprint density at radius 1 is 1.43 bits per heavy atom. The van der Waals surface area contributed by atoms with Crippen molar-refractivity contribution >= 4 is 26.0 Å². The van der Waals surface area contributed by atoms with Gasteiger partial charge in [-0.05, 0) is 63.9 Å². The van der Waals surface area contributed by atoms with E-state index in [1.165, 1.54) is 0 Å². The summed E-state index contributed by atoms with van der Waals surface area (Å²) in [6.45, 7) is 6.39. The second-order valence-electron chi connectivity index (χ2n) is 5.84. The zero-order valence-corrected chi connectivity index (χ0v) is 15.0. The summed E-state index contributed by atoms with van der Waals surface area (Å²) < 4.78 is 28.2. The van der Waals surface area contributed by atoms with E-state index in [0.717, 1.165) is 30.4 Å². The number of sulfonamides is 1. The number of halogens is 1. The molecule has 6 heteroatoms. The van der Waals surface area contributed by atoms with E-state index in [1.807, 2.05) is 19.9 Å². The summed E-state index contributed by atoms with van der Waals surface area (Å²) in [5.74, 6) is 0.392. The molecule has 0 amide bonds. The van der Waals surface area contributed by atoms with Gasteiger partial charge < -0.3 is 5.32 Å². The largest absolute Gasteiger partial charge is 0.316 e. The molecule has 1 fully saturated rings. The molecule has 1 aromatic carbocycles. The van der Waals surface area contributed by atoms with E-state index in [-0.39, 0.29) is 6.04 Å². The first-order valence-electron chi connectivity index (χ1n) is 7.39. The summed E-state index contributed by atoms with van der Waals surface area (Å²) in [4.78, 5) is 0.356. The Hall–Kier alpha value is -0.430. The molecule has 1 saturated heterocycles. The van der Waals surface area contributed by atoms with Crippen molar-refractivity contribution in [3.05, 3.63) is 28.7 Å². The monoisotopic (exact) mass is 374 g/mol. The molecule has 0 saturated carbocycles. The summed E-state index contributed by atoms with van der Waals surface area (Å²) in [7, 11) is -3.45. The molecule has 1 atom stereocenters. The van der Waals surface area contributed by atoms with E-state index in [1.54, 1.807) is 22.5 Å². The van der Waals surface area contributed by atoms with Gasteiger partial charge in [-0.2, -0.15) is 4.31 Å². The fourth-order valence-corrected chi connectivity index (χ4v) is 4.99. The Bertz CT molecular complexity index is 569. The fourth-order valence-electron chi connectivity index (χ4n) is 2.68. The first kappa shape index (κ1) is 16.9. The van der Waals surface area contributed by atoms with Crippen LogP contribution in [0.1, 0.15) is 26.7 Å². The lowest BCUT2D eigenvalue weighted by molar-refractivity contribution is 0.264. The topological polar surface area (TPSA) is 49.4 Å². The van der Waals surface area contributed by atoms with Crippen LogP contribution >= 0.6 is 15.9 Å². The molecule has 2 rings (SSSR count). The molecule has 21 heavy (non-hydrogen) atoms. The molecule has 1 aliphatic heterocycles. The Labute approximate surface area is 136 Å². The highest BCUT2D eigenvalue weighted by Gasteiger charge is 2.30. The number of rotatable bonds is 5. The summed E-state index contributed by atoms with van der Waals surface area (Å²) in [6.07, 6.45) is 2.21. The molecular weight excluding hydrogens is 352 g/mol. The molecule has 1 unspecified atom stereocenters. The SMILES string of the molecule is CC(C)N(CC1CCCNC1)S(=O)(=O)c1cccc(Br)c1. The minimum Gasteiger partial charge on any atom is -0.316 e. The number of hydrogen-bond acceptors (Lipinski definition) is 3. The predicted octanol–water partition coefficient (Wildman–Crippen LogP) is 2.85. The molecule has 1 N–H and O–H groups in total. The van der Waals surface area contributed by atoms with Crippen molar-refractivity contribution in [3.8, 4) is 0 Å². The number of nitrogens with zero attached hydrogens (tertiary/aromatic N) is 1. The van der Waals surface area contributed by atoms with Crippen LogP contribution in [-0.4, -0.2) is 38.4 Å². The Morgan fingerprint density at radius 2 is 2.19 bits per heavy atom. The molecule has 1 heterocycles. The van der Waals surface area contributed by atoms with Gasteiger partial charge in [0.05, 0.1) is 4.90 Å². The molecule has 118 valence electrons. The molecule has 4 nitrogen and oxygen atoms in total. The number of benzene rings is 1. The second kappa shape index (κ2) is 7.22. The zero-order valence-electron chi connectivity index (χ0n) is 12.5. The predicted molar refractivity (Wildman–Crippen MR) is 88.8 cm³/mol. The molecule has 0 aromatic heterocycles. The van der Waals surface area contributed by atoms with Crippen molar-refractivity contribution in [1.82, 2.24) is 9.62 Å². The quantitative estimate of drug-likeness (QED) is 0.861. The third-order valence-corrected chi connectivity index (χ3v) is 6.35. The van der Waals surface area contributed by atoms with Gasteiger partial charge in [0, 0.05) is 17.1 Å². The third-order valence-electron chi connectivity index (χ3n) is 3.82. The first-order chi connectivity index (χ1) is 9.91. The van der Waals surface area contributed by atoms with Gasteiger partial charge in [-0.15, -0.1) is 0 Å². The van der Waals surface area contributed by atoms with Gasteiger partial charge in [-0.1, -0.05) is 22.0 Å². The van der Waals surface area contributed by atoms with Crippen LogP contribution in [0.3, 0.4) is 0 Å². The van der Waals surface area contributed by atoms with E-state index >= 15 is 0 Å². The van der Waals surface area contributed by atoms with Crippen LogP contribution in [-0.2, 0) is 10.0 Å². The number of nitrogens with one attached hydrogen (secondary N) is 1. The van der Waals surface area contributed by atoms with Gasteiger partial charge >= 0.3 is 0 Å². The first-order valence-corrected chi connectivity index (χ1v) is 9.62. The summed E-state index contributed by atoms with van der Waals surface area (Å²) >= 11 is 3.35. The number of piperidine rings is 1. The van der Waals surface area contributed by atoms with Crippen LogP contribution in [0.25, 0.3) is 0 Å². The highest BCUT2D eigenvalue weighted by molar-refractivity contribution is 9.10. The van der Waals surface area contributed by atoms with Crippen LogP contribution in [0, 0.1) is 5.92 Å². The minimum absolute atomic E-state index is 0.0455. The van der Waals surface area contributed by atoms with Gasteiger partial charge in [0.1, 0.15) is 0 Å². The van der Waals surface area contributed by atoms with E-state index in [2.05, 4.69) is 21.2 Å². The lowest BCUT2D eigenvalue weighted by Crippen LogP contribution is -2.44. The molecule has 1 aromatic rings. The lowest BCUT2D eigenvalue weighted by atomic mass is 9.99. The minimum atomic E-state index is -3.45. The molecular formula is C15H23BrN2O2S. The van der Waals surface area contributed by atoms with Gasteiger partial charge in [0.2, 0.25) is 10.0 Å². The standard InChI is InChI=1S/C15H23BrN2O2S/c1-12(2)18(11-13-5-4-8-17-10-13)21(19,20)15-7-3-6-14(16)9-15/h3,6-7,9,12-13,17H,4-5,8,10-11H2,1-2H3. The highest BCUT2D eigenvalue weighted by atomic mass is 79.9. The van der Waals surface area contributed by atoms with Crippen molar-refractivity contribution < 1.29 is 8.42 Å². The van der Waals surface area contributed by atoms with E-state index in [4.69, 9.17) is 0 Å². The van der Waals surface area contributed by atoms with Gasteiger partial charge in [0.25, 0.3) is 0 Å². The third kappa shape index (κ3) is 4.28. The van der Waals surface area contributed by atoms with E-state index in [0.29, 0.717) is 17.4 Å². The lowest BCUT2D eigenvalue weighted by Gasteiger charge is -2.32. The summed E-state index contributed by atoms with van der Waals surface area (Å²) in [6, 6.07) is 6.88. The summed E-state index contributed by atoms with van der Waals surface area (Å²) in [5.41, 5.74) is 0. The molecule has 0 aliphatic carbocycles. The van der Waals surface area contributed by atoms with Gasteiger partial charge in [-0.25, -0.2) is 8.42 Å². The van der Waals surface area contributed by atoms with Crippen LogP contribution in [0.5, 0.6) is 0 Å². The Morgan fingerprint density at radius 3 is 2.76 bits per heavy atom. The van der Waals surface area contributed by atoms with Crippen LogP contribution in [0.15, 0.2) is 33.6 Å². The zero-order chi connectivity index (χ0) is 15.5. The maximum absolute atomic E-state index is 12.9. The smallest absolute Gasteiger partial charge is 0.243 e. The highest BCUT2D eigenvalue weighted by Crippen LogP contribution is 2.24. The van der Waals surface area contributed by atoms with Crippen LogP contribution in [0.4, 0.5) is 0 Å². The fraction of sp³-hybridized carbons (Fsp3) is 0.600. The number of hydrogen-bond donors (Lipinski definition) is 1. The van der Waals surface area contributed by atoms with Crippen molar-refractivity contribution in [2.24, 2.45) is 5.92 Å². The normalized spacial score (nSPS) is 20.1. The van der Waals surface area contributed by atoms with Gasteiger partial charge in [0.15, 0.2) is 0 Å². The molecule has 1 aliphatic rings. The average Bonchev–Trinajstić information content (AvgIpc) is 2.45. The maximum Gasteiger partial charge on any atom is 0.243 e. The van der Waals surface area contributed by atoms with Crippen molar-refractivity contribution in [2.45, 2.75) is 37.6 Å². The van der Waals surface area contributed by atoms with Crippen molar-refractivity contribution in [2.75, 3.05) is 19.6 Å². The average molecular weight is 375 g/mol.